The summed E-state index contributed by atoms with van der Waals surface area (Å²) >= 11 is 6.06. The van der Waals surface area contributed by atoms with Crippen LogP contribution in [0.4, 0.5) is 5.82 Å². The highest BCUT2D eigenvalue weighted by molar-refractivity contribution is 6.34. The molecule has 8 heteroatoms. The molecule has 2 rings (SSSR count). The molecule has 1 aliphatic rings. The summed E-state index contributed by atoms with van der Waals surface area (Å²) in [6.07, 6.45) is 1.40. The maximum Gasteiger partial charge on any atom is 0.707 e. The maximum atomic E-state index is 8.65. The molecule has 2 N–H and O–H groups in total. The highest BCUT2D eigenvalue weighted by atomic mass is 35.5. The first-order valence-electron chi connectivity index (χ1n) is 5.18. The third-order valence-corrected chi connectivity index (χ3v) is 2.63. The summed E-state index contributed by atoms with van der Waals surface area (Å²) in [5.41, 5.74) is 0. The third kappa shape index (κ3) is 3.23. The SMILES string of the molecule is OB(O)Oc1cnc(N2CCOCC2)c(Cl)c1. The fourth-order valence-electron chi connectivity index (χ4n) is 1.61. The fourth-order valence-corrected chi connectivity index (χ4v) is 1.88. The topological polar surface area (TPSA) is 75.0 Å². The zero-order valence-corrected chi connectivity index (χ0v) is 9.80. The van der Waals surface area contributed by atoms with Crippen LogP contribution in [0.5, 0.6) is 5.75 Å². The van der Waals surface area contributed by atoms with Gasteiger partial charge in [0.05, 0.1) is 24.4 Å². The van der Waals surface area contributed by atoms with Gasteiger partial charge in [-0.15, -0.1) is 0 Å². The van der Waals surface area contributed by atoms with Crippen LogP contribution in [0.1, 0.15) is 0 Å². The van der Waals surface area contributed by atoms with Gasteiger partial charge < -0.3 is 24.3 Å². The zero-order chi connectivity index (χ0) is 12.3. The van der Waals surface area contributed by atoms with Crippen molar-refractivity contribution < 1.29 is 19.4 Å². The molecule has 0 atom stereocenters. The summed E-state index contributed by atoms with van der Waals surface area (Å²) < 4.78 is 9.89. The van der Waals surface area contributed by atoms with Crippen LogP contribution in [0.15, 0.2) is 12.3 Å². The van der Waals surface area contributed by atoms with E-state index in [-0.39, 0.29) is 5.75 Å². The minimum Gasteiger partial charge on any atom is -0.511 e. The van der Waals surface area contributed by atoms with Gasteiger partial charge in [0.15, 0.2) is 0 Å². The lowest BCUT2D eigenvalue weighted by atomic mass is 10.2. The molecule has 1 saturated heterocycles. The van der Waals surface area contributed by atoms with Crippen LogP contribution in [0.25, 0.3) is 0 Å². The lowest BCUT2D eigenvalue weighted by Gasteiger charge is -2.28. The van der Waals surface area contributed by atoms with E-state index in [4.69, 9.17) is 26.4 Å². The summed E-state index contributed by atoms with van der Waals surface area (Å²) in [5, 5.41) is 17.7. The number of nitrogens with zero attached hydrogens (tertiary/aromatic N) is 2. The monoisotopic (exact) mass is 258 g/mol. The van der Waals surface area contributed by atoms with Gasteiger partial charge in [-0.2, -0.15) is 0 Å². The standard InChI is InChI=1S/C9H12BClN2O4/c11-8-5-7(17-10(14)15)6-12-9(8)13-1-3-16-4-2-13/h5-6,14-15H,1-4H2. The summed E-state index contributed by atoms with van der Waals surface area (Å²) in [5.74, 6) is 0.858. The Morgan fingerprint density at radius 1 is 1.41 bits per heavy atom. The molecule has 0 amide bonds. The average molecular weight is 258 g/mol. The molecule has 0 aliphatic carbocycles. The van der Waals surface area contributed by atoms with E-state index in [0.717, 1.165) is 13.1 Å². The second-order valence-electron chi connectivity index (χ2n) is 3.52. The lowest BCUT2D eigenvalue weighted by molar-refractivity contribution is 0.122. The number of anilines is 1. The molecule has 0 aromatic carbocycles. The molecule has 1 aromatic heterocycles. The number of rotatable bonds is 3. The van der Waals surface area contributed by atoms with Crippen molar-refractivity contribution in [3.05, 3.63) is 17.3 Å². The number of ether oxygens (including phenoxy) is 1. The Balaban J connectivity index is 2.13. The largest absolute Gasteiger partial charge is 0.707 e. The number of morpholine rings is 1. The van der Waals surface area contributed by atoms with Gasteiger partial charge in [0.1, 0.15) is 11.6 Å². The van der Waals surface area contributed by atoms with E-state index in [1.807, 2.05) is 4.90 Å². The van der Waals surface area contributed by atoms with Crippen molar-refractivity contribution in [2.24, 2.45) is 0 Å². The molecular formula is C9H12BClN2O4. The Bertz CT molecular complexity index is 387. The molecule has 6 nitrogen and oxygen atoms in total. The van der Waals surface area contributed by atoms with Crippen molar-refractivity contribution in [1.82, 2.24) is 4.98 Å². The van der Waals surface area contributed by atoms with Gasteiger partial charge in [0.25, 0.3) is 0 Å². The van der Waals surface area contributed by atoms with Gasteiger partial charge >= 0.3 is 7.32 Å². The van der Waals surface area contributed by atoms with Gasteiger partial charge in [0.2, 0.25) is 0 Å². The van der Waals surface area contributed by atoms with Crippen LogP contribution in [-0.2, 0) is 4.74 Å². The predicted molar refractivity (Wildman–Crippen MR) is 63.1 cm³/mol. The van der Waals surface area contributed by atoms with Gasteiger partial charge in [-0.3, -0.25) is 0 Å². The molecule has 0 radical (unpaired) electrons. The smallest absolute Gasteiger partial charge is 0.511 e. The number of hydrogen-bond donors (Lipinski definition) is 2. The second kappa shape index (κ2) is 5.55. The number of pyridine rings is 1. The van der Waals surface area contributed by atoms with E-state index in [9.17, 15) is 0 Å². The molecule has 0 saturated carbocycles. The Hall–Kier alpha value is -1.02. The molecule has 1 fully saturated rings. The minimum atomic E-state index is -1.87. The minimum absolute atomic E-state index is 0.210. The molecular weight excluding hydrogens is 246 g/mol. The Morgan fingerprint density at radius 2 is 2.12 bits per heavy atom. The first-order chi connectivity index (χ1) is 8.16. The molecule has 0 spiro atoms. The summed E-state index contributed by atoms with van der Waals surface area (Å²) in [6.45, 7) is 2.75. The molecule has 17 heavy (non-hydrogen) atoms. The number of hydrogen-bond acceptors (Lipinski definition) is 6. The van der Waals surface area contributed by atoms with Gasteiger partial charge in [-0.05, 0) is 0 Å². The van der Waals surface area contributed by atoms with Crippen LogP contribution in [0.3, 0.4) is 0 Å². The first kappa shape index (κ1) is 12.4. The van der Waals surface area contributed by atoms with Crippen molar-refractivity contribution in [1.29, 1.82) is 0 Å². The zero-order valence-electron chi connectivity index (χ0n) is 9.04. The van der Waals surface area contributed by atoms with Crippen molar-refractivity contribution >= 4 is 24.7 Å². The third-order valence-electron chi connectivity index (χ3n) is 2.35. The van der Waals surface area contributed by atoms with E-state index in [0.29, 0.717) is 24.1 Å². The highest BCUT2D eigenvalue weighted by Gasteiger charge is 2.17. The van der Waals surface area contributed by atoms with E-state index < -0.39 is 7.32 Å². The van der Waals surface area contributed by atoms with Crippen LogP contribution in [0, 0.1) is 0 Å². The Morgan fingerprint density at radius 3 is 2.71 bits per heavy atom. The van der Waals surface area contributed by atoms with Crippen molar-refractivity contribution in [3.8, 4) is 5.75 Å². The van der Waals surface area contributed by atoms with Crippen LogP contribution >= 0.6 is 11.6 Å². The highest BCUT2D eigenvalue weighted by Crippen LogP contribution is 2.27. The fraction of sp³-hybridized carbons (Fsp3) is 0.444. The summed E-state index contributed by atoms with van der Waals surface area (Å²) in [6, 6.07) is 1.50. The van der Waals surface area contributed by atoms with Gasteiger partial charge in [0, 0.05) is 19.2 Å². The van der Waals surface area contributed by atoms with Crippen molar-refractivity contribution in [2.75, 3.05) is 31.2 Å². The van der Waals surface area contributed by atoms with E-state index in [1.54, 1.807) is 0 Å². The molecule has 1 aromatic rings. The molecule has 92 valence electrons. The lowest BCUT2D eigenvalue weighted by Crippen LogP contribution is -2.36. The molecule has 0 bridgehead atoms. The van der Waals surface area contributed by atoms with E-state index in [1.165, 1.54) is 12.3 Å². The van der Waals surface area contributed by atoms with Gasteiger partial charge in [-0.25, -0.2) is 4.98 Å². The van der Waals surface area contributed by atoms with Crippen molar-refractivity contribution in [2.45, 2.75) is 0 Å². The normalized spacial score (nSPS) is 15.8. The molecule has 0 unspecified atom stereocenters. The summed E-state index contributed by atoms with van der Waals surface area (Å²) in [4.78, 5) is 6.15. The predicted octanol–water partition coefficient (Wildman–Crippen LogP) is -0.0801. The number of halogens is 1. The maximum absolute atomic E-state index is 8.65. The molecule has 1 aliphatic heterocycles. The quantitative estimate of drug-likeness (QED) is 0.739. The van der Waals surface area contributed by atoms with Gasteiger partial charge in [-0.1, -0.05) is 11.6 Å². The Kier molecular flexibility index (Phi) is 4.06. The Labute approximate surface area is 104 Å². The first-order valence-corrected chi connectivity index (χ1v) is 5.55. The van der Waals surface area contributed by atoms with Crippen LogP contribution in [0.2, 0.25) is 5.02 Å². The van der Waals surface area contributed by atoms with Crippen LogP contribution in [-0.4, -0.2) is 48.7 Å². The van der Waals surface area contributed by atoms with E-state index >= 15 is 0 Å². The summed E-state index contributed by atoms with van der Waals surface area (Å²) in [7, 11) is -1.87. The van der Waals surface area contributed by atoms with Crippen molar-refractivity contribution in [3.63, 3.8) is 0 Å². The van der Waals surface area contributed by atoms with Crippen LogP contribution < -0.4 is 9.55 Å². The average Bonchev–Trinajstić information content (AvgIpc) is 2.29. The van der Waals surface area contributed by atoms with E-state index in [2.05, 4.69) is 9.64 Å². The second-order valence-corrected chi connectivity index (χ2v) is 3.93. The number of aromatic nitrogens is 1. The molecule has 2 heterocycles.